The summed E-state index contributed by atoms with van der Waals surface area (Å²) in [5.41, 5.74) is 0.225. The summed E-state index contributed by atoms with van der Waals surface area (Å²) in [5.74, 6) is 1.73. The van der Waals surface area contributed by atoms with Gasteiger partial charge in [0.2, 0.25) is 0 Å². The van der Waals surface area contributed by atoms with Crippen LogP contribution < -0.4 is 10.2 Å². The van der Waals surface area contributed by atoms with Crippen molar-refractivity contribution in [1.29, 1.82) is 0 Å². The number of fused-ring (bicyclic) bond motifs is 2. The fourth-order valence-electron chi connectivity index (χ4n) is 2.73. The van der Waals surface area contributed by atoms with Gasteiger partial charge in [-0.05, 0) is 45.9 Å². The molecule has 0 unspecified atom stereocenters. The van der Waals surface area contributed by atoms with Crippen molar-refractivity contribution in [2.24, 2.45) is 0 Å². The van der Waals surface area contributed by atoms with Crippen molar-refractivity contribution < 1.29 is 14.0 Å². The lowest BCUT2D eigenvalue weighted by Gasteiger charge is -2.32. The monoisotopic (exact) mass is 326 g/mol. The van der Waals surface area contributed by atoms with Gasteiger partial charge in [0, 0.05) is 5.46 Å². The van der Waals surface area contributed by atoms with Crippen LogP contribution in [0.3, 0.4) is 0 Å². The van der Waals surface area contributed by atoms with Crippen molar-refractivity contribution in [3.63, 3.8) is 0 Å². The zero-order valence-electron chi connectivity index (χ0n) is 13.8. The molecule has 1 saturated heterocycles. The Kier molecular flexibility index (Phi) is 3.31. The molecule has 0 aromatic heterocycles. The Morgan fingerprint density at radius 1 is 0.826 bits per heavy atom. The largest absolute Gasteiger partial charge is 0.498 e. The van der Waals surface area contributed by atoms with E-state index in [9.17, 15) is 0 Å². The maximum Gasteiger partial charge on any atom is 0.498 e. The molecule has 0 bridgehead atoms. The molecule has 2 aromatic carbocycles. The minimum Gasteiger partial charge on any atom is -0.455 e. The van der Waals surface area contributed by atoms with Crippen molar-refractivity contribution >= 4 is 24.3 Å². The molecule has 0 spiro atoms. The Balaban J connectivity index is 1.74. The van der Waals surface area contributed by atoms with Crippen LogP contribution in [0.4, 0.5) is 0 Å². The van der Waals surface area contributed by atoms with E-state index in [1.54, 1.807) is 11.8 Å². The average Bonchev–Trinajstić information content (AvgIpc) is 2.72. The molecule has 0 radical (unpaired) electrons. The summed E-state index contributed by atoms with van der Waals surface area (Å²) < 4.78 is 18.6. The molecule has 0 saturated carbocycles. The smallest absolute Gasteiger partial charge is 0.455 e. The highest BCUT2D eigenvalue weighted by atomic mass is 32.2. The van der Waals surface area contributed by atoms with E-state index in [1.165, 1.54) is 0 Å². The van der Waals surface area contributed by atoms with Crippen LogP contribution in [0.2, 0.25) is 0 Å². The topological polar surface area (TPSA) is 27.7 Å². The molecule has 0 N–H and O–H groups in total. The molecular weight excluding hydrogens is 307 g/mol. The van der Waals surface area contributed by atoms with Crippen LogP contribution in [0.15, 0.2) is 52.3 Å². The Morgan fingerprint density at radius 3 is 2.22 bits per heavy atom. The van der Waals surface area contributed by atoms with Gasteiger partial charge in [-0.3, -0.25) is 0 Å². The molecule has 0 amide bonds. The second kappa shape index (κ2) is 5.03. The summed E-state index contributed by atoms with van der Waals surface area (Å²) in [6, 6.07) is 14.2. The molecule has 4 rings (SSSR count). The number of hydrogen-bond acceptors (Lipinski definition) is 4. The van der Waals surface area contributed by atoms with Crippen molar-refractivity contribution in [1.82, 2.24) is 0 Å². The number of hydrogen-bond donors (Lipinski definition) is 0. The molecule has 5 heteroatoms. The van der Waals surface area contributed by atoms with E-state index in [0.29, 0.717) is 0 Å². The van der Waals surface area contributed by atoms with Crippen molar-refractivity contribution in [2.75, 3.05) is 0 Å². The number of para-hydroxylation sites is 2. The number of rotatable bonds is 1. The lowest BCUT2D eigenvalue weighted by molar-refractivity contribution is 0.00578. The summed E-state index contributed by atoms with van der Waals surface area (Å²) in [4.78, 5) is 2.22. The van der Waals surface area contributed by atoms with Crippen LogP contribution in [0.25, 0.3) is 0 Å². The fourth-order valence-corrected chi connectivity index (χ4v) is 3.72. The van der Waals surface area contributed by atoms with Crippen LogP contribution in [-0.2, 0) is 9.31 Å². The van der Waals surface area contributed by atoms with Gasteiger partial charge >= 0.3 is 7.12 Å². The van der Waals surface area contributed by atoms with Gasteiger partial charge in [0.15, 0.2) is 0 Å². The second-order valence-corrected chi connectivity index (χ2v) is 8.00. The highest BCUT2D eigenvalue weighted by Crippen LogP contribution is 2.47. The van der Waals surface area contributed by atoms with Gasteiger partial charge in [-0.2, -0.15) is 0 Å². The molecule has 0 aliphatic carbocycles. The molecule has 0 atom stereocenters. The van der Waals surface area contributed by atoms with Crippen LogP contribution in [0.5, 0.6) is 11.5 Å². The van der Waals surface area contributed by atoms with Gasteiger partial charge < -0.3 is 14.0 Å². The maximum absolute atomic E-state index is 6.19. The Bertz CT molecular complexity index is 757. The third kappa shape index (κ3) is 2.38. The predicted molar refractivity (Wildman–Crippen MR) is 92.8 cm³/mol. The number of benzene rings is 2. The molecule has 2 aromatic rings. The predicted octanol–water partition coefficient (Wildman–Crippen LogP) is 4.24. The van der Waals surface area contributed by atoms with E-state index >= 15 is 0 Å². The molecule has 2 aliphatic rings. The standard InChI is InChI=1S/C18H19BO3S/c1-17(2)18(3,4)22-19(21-17)12-8-7-11-15-16(12)20-13-9-5-6-10-14(13)23-15/h5-11H,1-4H3. The zero-order chi connectivity index (χ0) is 16.2. The maximum atomic E-state index is 6.19. The van der Waals surface area contributed by atoms with Crippen molar-refractivity contribution in [3.8, 4) is 11.5 Å². The van der Waals surface area contributed by atoms with Gasteiger partial charge in [0.25, 0.3) is 0 Å². The van der Waals surface area contributed by atoms with Crippen LogP contribution >= 0.6 is 11.8 Å². The Hall–Kier alpha value is -1.43. The third-order valence-corrected chi connectivity index (χ3v) is 5.90. The quantitative estimate of drug-likeness (QED) is 0.625. The fraction of sp³-hybridized carbons (Fsp3) is 0.333. The lowest BCUT2D eigenvalue weighted by Crippen LogP contribution is -2.41. The van der Waals surface area contributed by atoms with Gasteiger partial charge in [-0.15, -0.1) is 0 Å². The van der Waals surface area contributed by atoms with E-state index < -0.39 is 7.12 Å². The highest BCUT2D eigenvalue weighted by molar-refractivity contribution is 7.99. The molecular formula is C18H19BO3S. The van der Waals surface area contributed by atoms with E-state index in [4.69, 9.17) is 14.0 Å². The molecule has 118 valence electrons. The number of ether oxygens (including phenoxy) is 1. The summed E-state index contributed by atoms with van der Waals surface area (Å²) in [6.45, 7) is 8.25. The first kappa shape index (κ1) is 15.1. The summed E-state index contributed by atoms with van der Waals surface area (Å²) >= 11 is 1.72. The van der Waals surface area contributed by atoms with Crippen LogP contribution in [0.1, 0.15) is 27.7 Å². The zero-order valence-corrected chi connectivity index (χ0v) is 14.6. The highest BCUT2D eigenvalue weighted by Gasteiger charge is 2.52. The van der Waals surface area contributed by atoms with Crippen molar-refractivity contribution in [3.05, 3.63) is 42.5 Å². The van der Waals surface area contributed by atoms with Gasteiger partial charge in [-0.25, -0.2) is 0 Å². The lowest BCUT2D eigenvalue weighted by atomic mass is 9.78. The van der Waals surface area contributed by atoms with Gasteiger partial charge in [0.05, 0.1) is 21.0 Å². The van der Waals surface area contributed by atoms with Crippen LogP contribution in [-0.4, -0.2) is 18.3 Å². The van der Waals surface area contributed by atoms with Crippen LogP contribution in [0, 0.1) is 0 Å². The molecule has 23 heavy (non-hydrogen) atoms. The molecule has 2 aliphatic heterocycles. The Labute approximate surface area is 141 Å². The summed E-state index contributed by atoms with van der Waals surface area (Å²) in [6.07, 6.45) is 0. The van der Waals surface area contributed by atoms with Gasteiger partial charge in [-0.1, -0.05) is 36.0 Å². The molecule has 3 nitrogen and oxygen atoms in total. The van der Waals surface area contributed by atoms with Crippen molar-refractivity contribution in [2.45, 2.75) is 48.7 Å². The first-order valence-corrected chi connectivity index (χ1v) is 8.62. The first-order valence-electron chi connectivity index (χ1n) is 7.81. The minimum absolute atomic E-state index is 0.361. The molecule has 1 fully saturated rings. The Morgan fingerprint density at radius 2 is 1.48 bits per heavy atom. The van der Waals surface area contributed by atoms with E-state index in [1.807, 2.05) is 30.3 Å². The SMILES string of the molecule is CC1(C)OB(c2cccc3c2Oc2ccccc2S3)OC1(C)C. The third-order valence-electron chi connectivity index (χ3n) is 4.80. The van der Waals surface area contributed by atoms with Gasteiger partial charge in [0.1, 0.15) is 11.5 Å². The van der Waals surface area contributed by atoms with E-state index in [0.717, 1.165) is 26.8 Å². The summed E-state index contributed by atoms with van der Waals surface area (Å²) in [5, 5.41) is 0. The molecule has 2 heterocycles. The minimum atomic E-state index is -0.416. The summed E-state index contributed by atoms with van der Waals surface area (Å²) in [7, 11) is -0.416. The first-order chi connectivity index (χ1) is 10.9. The average molecular weight is 326 g/mol. The van der Waals surface area contributed by atoms with E-state index in [-0.39, 0.29) is 11.2 Å². The normalized spacial score (nSPS) is 20.6. The van der Waals surface area contributed by atoms with E-state index in [2.05, 4.69) is 39.8 Å². The second-order valence-electron chi connectivity index (χ2n) is 6.91.